The van der Waals surface area contributed by atoms with Crippen molar-refractivity contribution < 1.29 is 14.3 Å². The standard InChI is InChI=1S/C23H29NO3S/c1-13(2)20(25)24-21-19(22(26)27-14(3)4)18(15(5)28-21)16-9-11-17(12-10-16)23(6,7)8/h9-12,14H,1H2,2-8H3,(H,24,25). The van der Waals surface area contributed by atoms with Gasteiger partial charge in [0, 0.05) is 16.0 Å². The van der Waals surface area contributed by atoms with Crippen molar-refractivity contribution in [3.63, 3.8) is 0 Å². The van der Waals surface area contributed by atoms with Gasteiger partial charge in [-0.25, -0.2) is 4.79 Å². The molecule has 0 radical (unpaired) electrons. The SMILES string of the molecule is C=C(C)C(=O)Nc1sc(C)c(-c2ccc(C(C)(C)C)cc2)c1C(=O)OC(C)C. The largest absolute Gasteiger partial charge is 0.459 e. The Kier molecular flexibility index (Phi) is 6.50. The molecule has 4 nitrogen and oxygen atoms in total. The van der Waals surface area contributed by atoms with Crippen molar-refractivity contribution in [1.29, 1.82) is 0 Å². The first-order chi connectivity index (χ1) is 12.9. The molecule has 0 atom stereocenters. The van der Waals surface area contributed by atoms with Crippen LogP contribution < -0.4 is 5.32 Å². The highest BCUT2D eigenvalue weighted by Crippen LogP contribution is 2.41. The fourth-order valence-electron chi connectivity index (χ4n) is 2.79. The molecule has 0 spiro atoms. The van der Waals surface area contributed by atoms with Crippen LogP contribution in [0.4, 0.5) is 5.00 Å². The molecule has 0 aliphatic rings. The van der Waals surface area contributed by atoms with Crippen molar-refractivity contribution in [2.24, 2.45) is 0 Å². The van der Waals surface area contributed by atoms with Crippen molar-refractivity contribution in [2.75, 3.05) is 5.32 Å². The van der Waals surface area contributed by atoms with Gasteiger partial charge in [-0.1, -0.05) is 51.6 Å². The summed E-state index contributed by atoms with van der Waals surface area (Å²) >= 11 is 1.37. The van der Waals surface area contributed by atoms with Gasteiger partial charge in [-0.05, 0) is 44.2 Å². The van der Waals surface area contributed by atoms with E-state index >= 15 is 0 Å². The molecule has 0 bridgehead atoms. The third-order valence-corrected chi connectivity index (χ3v) is 5.31. The molecule has 0 saturated carbocycles. The minimum absolute atomic E-state index is 0.0439. The lowest BCUT2D eigenvalue weighted by Crippen LogP contribution is -2.17. The summed E-state index contributed by atoms with van der Waals surface area (Å²) < 4.78 is 5.47. The molecule has 1 heterocycles. The number of ether oxygens (including phenoxy) is 1. The Labute approximate surface area is 171 Å². The van der Waals surface area contributed by atoms with Crippen LogP contribution >= 0.6 is 11.3 Å². The molecule has 1 amide bonds. The zero-order valence-electron chi connectivity index (χ0n) is 17.7. The monoisotopic (exact) mass is 399 g/mol. The topological polar surface area (TPSA) is 55.4 Å². The number of hydrogen-bond acceptors (Lipinski definition) is 4. The summed E-state index contributed by atoms with van der Waals surface area (Å²) in [6.07, 6.45) is -0.256. The normalized spacial score (nSPS) is 11.4. The number of amides is 1. The summed E-state index contributed by atoms with van der Waals surface area (Å²) in [7, 11) is 0. The number of nitrogens with one attached hydrogen (secondary N) is 1. The highest BCUT2D eigenvalue weighted by atomic mass is 32.1. The number of benzene rings is 1. The van der Waals surface area contributed by atoms with E-state index in [1.54, 1.807) is 20.8 Å². The summed E-state index contributed by atoms with van der Waals surface area (Å²) in [6.45, 7) is 17.3. The van der Waals surface area contributed by atoms with Gasteiger partial charge in [0.25, 0.3) is 5.91 Å². The number of rotatable bonds is 5. The Morgan fingerprint density at radius 3 is 2.18 bits per heavy atom. The van der Waals surface area contributed by atoms with Gasteiger partial charge in [-0.2, -0.15) is 0 Å². The van der Waals surface area contributed by atoms with Gasteiger partial charge in [0.1, 0.15) is 10.6 Å². The number of hydrogen-bond donors (Lipinski definition) is 1. The number of carbonyl (C=O) groups excluding carboxylic acids is 2. The zero-order valence-corrected chi connectivity index (χ0v) is 18.5. The number of aryl methyl sites for hydroxylation is 1. The lowest BCUT2D eigenvalue weighted by Gasteiger charge is -2.19. The van der Waals surface area contributed by atoms with Crippen molar-refractivity contribution in [2.45, 2.75) is 60.0 Å². The Bertz CT molecular complexity index is 899. The molecule has 1 aromatic carbocycles. The zero-order chi connectivity index (χ0) is 21.2. The average Bonchev–Trinajstić information content (AvgIpc) is 2.89. The van der Waals surface area contributed by atoms with E-state index in [2.05, 4.69) is 44.8 Å². The van der Waals surface area contributed by atoms with Gasteiger partial charge in [0.05, 0.1) is 6.10 Å². The summed E-state index contributed by atoms with van der Waals surface area (Å²) in [4.78, 5) is 26.0. The van der Waals surface area contributed by atoms with E-state index in [0.717, 1.165) is 16.0 Å². The maximum Gasteiger partial charge on any atom is 0.342 e. The summed E-state index contributed by atoms with van der Waals surface area (Å²) in [6, 6.07) is 8.20. The van der Waals surface area contributed by atoms with Crippen LogP contribution in [0, 0.1) is 6.92 Å². The first kappa shape index (κ1) is 21.9. The highest BCUT2D eigenvalue weighted by Gasteiger charge is 2.26. The fraction of sp³-hybridized carbons (Fsp3) is 0.391. The van der Waals surface area contributed by atoms with Crippen molar-refractivity contribution in [1.82, 2.24) is 0 Å². The van der Waals surface area contributed by atoms with Crippen LogP contribution in [0.1, 0.15) is 62.3 Å². The molecule has 2 aromatic rings. The van der Waals surface area contributed by atoms with Crippen LogP contribution in [-0.2, 0) is 14.9 Å². The van der Waals surface area contributed by atoms with E-state index in [1.165, 1.54) is 16.9 Å². The number of anilines is 1. The Hall–Kier alpha value is -2.40. The fourth-order valence-corrected chi connectivity index (χ4v) is 3.85. The lowest BCUT2D eigenvalue weighted by atomic mass is 9.86. The third kappa shape index (κ3) is 4.90. The predicted molar refractivity (Wildman–Crippen MR) is 117 cm³/mol. The number of thiophene rings is 1. The second-order valence-corrected chi connectivity index (χ2v) is 9.48. The summed E-state index contributed by atoms with van der Waals surface area (Å²) in [5, 5.41) is 3.30. The number of carbonyl (C=O) groups is 2. The molecular formula is C23H29NO3S. The first-order valence-corrected chi connectivity index (χ1v) is 10.2. The summed E-state index contributed by atoms with van der Waals surface area (Å²) in [5.74, 6) is -0.749. The predicted octanol–water partition coefficient (Wildman–Crippen LogP) is 6.10. The molecule has 1 aromatic heterocycles. The summed E-state index contributed by atoms with van der Waals surface area (Å²) in [5.41, 5.74) is 3.76. The molecule has 0 unspecified atom stereocenters. The molecule has 5 heteroatoms. The minimum atomic E-state index is -0.439. The van der Waals surface area contributed by atoms with Crippen molar-refractivity contribution in [3.8, 4) is 11.1 Å². The molecule has 0 aliphatic heterocycles. The van der Waals surface area contributed by atoms with Gasteiger partial charge in [-0.15, -0.1) is 11.3 Å². The minimum Gasteiger partial charge on any atom is -0.459 e. The molecule has 150 valence electrons. The lowest BCUT2D eigenvalue weighted by molar-refractivity contribution is -0.112. The van der Waals surface area contributed by atoms with Gasteiger partial charge in [0.2, 0.25) is 0 Å². The van der Waals surface area contributed by atoms with Gasteiger partial charge in [0.15, 0.2) is 0 Å². The molecule has 0 fully saturated rings. The van der Waals surface area contributed by atoms with Crippen LogP contribution in [0.2, 0.25) is 0 Å². The van der Waals surface area contributed by atoms with Crippen molar-refractivity contribution in [3.05, 3.63) is 52.4 Å². The average molecular weight is 400 g/mol. The quantitative estimate of drug-likeness (QED) is 0.488. The Morgan fingerprint density at radius 2 is 1.71 bits per heavy atom. The van der Waals surface area contributed by atoms with E-state index in [4.69, 9.17) is 4.74 Å². The molecule has 0 aliphatic carbocycles. The van der Waals surface area contributed by atoms with E-state index < -0.39 is 5.97 Å². The Balaban J connectivity index is 2.59. The van der Waals surface area contributed by atoms with E-state index in [1.807, 2.05) is 19.1 Å². The van der Waals surface area contributed by atoms with E-state index in [-0.39, 0.29) is 17.4 Å². The maximum atomic E-state index is 12.9. The van der Waals surface area contributed by atoms with E-state index in [9.17, 15) is 9.59 Å². The maximum absolute atomic E-state index is 12.9. The third-order valence-electron chi connectivity index (χ3n) is 4.29. The van der Waals surface area contributed by atoms with Crippen LogP contribution in [0.25, 0.3) is 11.1 Å². The van der Waals surface area contributed by atoms with Crippen LogP contribution in [-0.4, -0.2) is 18.0 Å². The smallest absolute Gasteiger partial charge is 0.342 e. The molecule has 0 saturated heterocycles. The van der Waals surface area contributed by atoms with Crippen LogP contribution in [0.5, 0.6) is 0 Å². The van der Waals surface area contributed by atoms with Gasteiger partial charge in [-0.3, -0.25) is 4.79 Å². The van der Waals surface area contributed by atoms with E-state index in [0.29, 0.717) is 16.1 Å². The molecule has 28 heavy (non-hydrogen) atoms. The Morgan fingerprint density at radius 1 is 1.14 bits per heavy atom. The number of esters is 1. The molecule has 1 N–H and O–H groups in total. The van der Waals surface area contributed by atoms with Crippen molar-refractivity contribution >= 4 is 28.2 Å². The molecular weight excluding hydrogens is 370 g/mol. The van der Waals surface area contributed by atoms with Crippen LogP contribution in [0.3, 0.4) is 0 Å². The van der Waals surface area contributed by atoms with Gasteiger partial charge < -0.3 is 10.1 Å². The second-order valence-electron chi connectivity index (χ2n) is 8.25. The van der Waals surface area contributed by atoms with Crippen LogP contribution in [0.15, 0.2) is 36.4 Å². The molecule has 2 rings (SSSR count). The highest BCUT2D eigenvalue weighted by molar-refractivity contribution is 7.17. The second kappa shape index (κ2) is 8.31. The first-order valence-electron chi connectivity index (χ1n) is 9.34. The van der Waals surface area contributed by atoms with Gasteiger partial charge >= 0.3 is 5.97 Å².